The molecule has 0 N–H and O–H groups in total. The van der Waals surface area contributed by atoms with Crippen molar-refractivity contribution in [2.75, 3.05) is 13.7 Å². The van der Waals surface area contributed by atoms with Gasteiger partial charge in [-0.1, -0.05) is 13.8 Å². The lowest BCUT2D eigenvalue weighted by molar-refractivity contribution is 0.134. The molecule has 6 heteroatoms. The van der Waals surface area contributed by atoms with Crippen molar-refractivity contribution in [1.82, 2.24) is 0 Å². The van der Waals surface area contributed by atoms with E-state index in [9.17, 15) is 8.42 Å². The smallest absolute Gasteiger partial charge is 0.261 e. The van der Waals surface area contributed by atoms with Crippen LogP contribution < -0.4 is 4.74 Å². The van der Waals surface area contributed by atoms with Gasteiger partial charge in [0.25, 0.3) is 9.05 Å². The maximum absolute atomic E-state index is 11.4. The highest BCUT2D eigenvalue weighted by atomic mass is 35.7. The van der Waals surface area contributed by atoms with E-state index in [1.807, 2.05) is 20.8 Å². The van der Waals surface area contributed by atoms with Crippen molar-refractivity contribution in [2.24, 2.45) is 0 Å². The van der Waals surface area contributed by atoms with Crippen LogP contribution in [-0.2, 0) is 13.8 Å². The molecule has 0 aliphatic heterocycles. The molecule has 0 saturated heterocycles. The Morgan fingerprint density at radius 2 is 1.90 bits per heavy atom. The Labute approximate surface area is 125 Å². The Morgan fingerprint density at radius 1 is 1.25 bits per heavy atom. The van der Waals surface area contributed by atoms with Crippen LogP contribution >= 0.6 is 10.7 Å². The molecule has 0 aliphatic rings. The summed E-state index contributed by atoms with van der Waals surface area (Å²) >= 11 is 0. The molecule has 0 bridgehead atoms. The van der Waals surface area contributed by atoms with Gasteiger partial charge < -0.3 is 9.47 Å². The first-order valence-corrected chi connectivity index (χ1v) is 8.80. The van der Waals surface area contributed by atoms with Crippen LogP contribution in [0.1, 0.15) is 38.7 Å². The summed E-state index contributed by atoms with van der Waals surface area (Å²) < 4.78 is 33.7. The molecule has 0 saturated carbocycles. The predicted octanol–water partition coefficient (Wildman–Crippen LogP) is 3.54. The van der Waals surface area contributed by atoms with E-state index in [1.165, 1.54) is 6.07 Å². The quantitative estimate of drug-likeness (QED) is 0.721. The zero-order valence-electron chi connectivity index (χ0n) is 12.2. The molecule has 1 rings (SSSR count). The van der Waals surface area contributed by atoms with Gasteiger partial charge in [0.05, 0.1) is 11.0 Å². The van der Waals surface area contributed by atoms with E-state index in [4.69, 9.17) is 20.2 Å². The van der Waals surface area contributed by atoms with Crippen LogP contribution in [0.2, 0.25) is 0 Å². The van der Waals surface area contributed by atoms with Crippen LogP contribution in [0.5, 0.6) is 5.75 Å². The molecule has 114 valence electrons. The standard InChI is InChI=1S/C14H21ClO4S/c1-10(2)13-9-12(20(15,16)17)5-6-14(13)19-11(3)7-8-18-4/h5-6,9-11H,7-8H2,1-4H3. The summed E-state index contributed by atoms with van der Waals surface area (Å²) in [5, 5.41) is 0. The second kappa shape index (κ2) is 7.29. The van der Waals surface area contributed by atoms with E-state index in [0.29, 0.717) is 12.4 Å². The number of benzene rings is 1. The summed E-state index contributed by atoms with van der Waals surface area (Å²) in [5.74, 6) is 0.825. The van der Waals surface area contributed by atoms with Gasteiger partial charge in [-0.15, -0.1) is 0 Å². The third-order valence-electron chi connectivity index (χ3n) is 2.94. The topological polar surface area (TPSA) is 52.6 Å². The second-order valence-electron chi connectivity index (χ2n) is 5.00. The second-order valence-corrected chi connectivity index (χ2v) is 7.57. The van der Waals surface area contributed by atoms with Crippen molar-refractivity contribution in [1.29, 1.82) is 0 Å². The Balaban J connectivity index is 3.02. The van der Waals surface area contributed by atoms with Gasteiger partial charge in [0.15, 0.2) is 0 Å². The minimum atomic E-state index is -3.72. The van der Waals surface area contributed by atoms with Gasteiger partial charge in [0.2, 0.25) is 0 Å². The summed E-state index contributed by atoms with van der Waals surface area (Å²) in [5.41, 5.74) is 0.830. The predicted molar refractivity (Wildman–Crippen MR) is 80.2 cm³/mol. The van der Waals surface area contributed by atoms with Crippen LogP contribution in [0.3, 0.4) is 0 Å². The van der Waals surface area contributed by atoms with E-state index < -0.39 is 9.05 Å². The molecular formula is C14H21ClO4S. The maximum atomic E-state index is 11.4. The summed E-state index contributed by atoms with van der Waals surface area (Å²) in [6.45, 7) is 6.53. The van der Waals surface area contributed by atoms with E-state index >= 15 is 0 Å². The average Bonchev–Trinajstić information content (AvgIpc) is 2.35. The van der Waals surface area contributed by atoms with Gasteiger partial charge in [0, 0.05) is 30.8 Å². The van der Waals surface area contributed by atoms with Crippen LogP contribution in [0.25, 0.3) is 0 Å². The van der Waals surface area contributed by atoms with E-state index in [0.717, 1.165) is 12.0 Å². The molecule has 1 aromatic rings. The fourth-order valence-electron chi connectivity index (χ4n) is 1.80. The molecular weight excluding hydrogens is 300 g/mol. The largest absolute Gasteiger partial charge is 0.490 e. The van der Waals surface area contributed by atoms with Gasteiger partial charge in [0.1, 0.15) is 5.75 Å². The van der Waals surface area contributed by atoms with E-state index in [2.05, 4.69) is 0 Å². The Kier molecular flexibility index (Phi) is 6.30. The normalized spacial score (nSPS) is 13.5. The molecule has 0 heterocycles. The van der Waals surface area contributed by atoms with Gasteiger partial charge in [-0.2, -0.15) is 0 Å². The number of rotatable bonds is 7. The fraction of sp³-hybridized carbons (Fsp3) is 0.571. The van der Waals surface area contributed by atoms with Crippen molar-refractivity contribution in [2.45, 2.75) is 44.1 Å². The monoisotopic (exact) mass is 320 g/mol. The zero-order chi connectivity index (χ0) is 15.3. The maximum Gasteiger partial charge on any atom is 0.261 e. The molecule has 1 atom stereocenters. The molecule has 4 nitrogen and oxygen atoms in total. The summed E-state index contributed by atoms with van der Waals surface area (Å²) in [7, 11) is 3.30. The number of hydrogen-bond donors (Lipinski definition) is 0. The van der Waals surface area contributed by atoms with Crippen molar-refractivity contribution < 1.29 is 17.9 Å². The number of halogens is 1. The molecule has 0 aliphatic carbocycles. The molecule has 1 unspecified atom stereocenters. The van der Waals surface area contributed by atoms with E-state index in [1.54, 1.807) is 19.2 Å². The first kappa shape index (κ1) is 17.3. The molecule has 20 heavy (non-hydrogen) atoms. The Morgan fingerprint density at radius 3 is 2.40 bits per heavy atom. The van der Waals surface area contributed by atoms with Crippen molar-refractivity contribution >= 4 is 19.7 Å². The number of hydrogen-bond acceptors (Lipinski definition) is 4. The highest BCUT2D eigenvalue weighted by Crippen LogP contribution is 2.31. The molecule has 0 spiro atoms. The lowest BCUT2D eigenvalue weighted by Crippen LogP contribution is -2.15. The van der Waals surface area contributed by atoms with Gasteiger partial charge in [-0.25, -0.2) is 8.42 Å². The summed E-state index contributed by atoms with van der Waals surface area (Å²) in [6, 6.07) is 4.70. The first-order chi connectivity index (χ1) is 9.25. The van der Waals surface area contributed by atoms with Gasteiger partial charge in [-0.05, 0) is 36.6 Å². The van der Waals surface area contributed by atoms with Gasteiger partial charge >= 0.3 is 0 Å². The SMILES string of the molecule is COCCC(C)Oc1ccc(S(=O)(=O)Cl)cc1C(C)C. The van der Waals surface area contributed by atoms with Crippen LogP contribution in [0.15, 0.2) is 23.1 Å². The van der Waals surface area contributed by atoms with Crippen molar-refractivity contribution in [3.63, 3.8) is 0 Å². The fourth-order valence-corrected chi connectivity index (χ4v) is 2.58. The molecule has 0 radical (unpaired) electrons. The molecule has 0 aromatic heterocycles. The van der Waals surface area contributed by atoms with Crippen LogP contribution in [0.4, 0.5) is 0 Å². The molecule has 0 amide bonds. The number of methoxy groups -OCH3 is 1. The Bertz CT molecular complexity index is 540. The van der Waals surface area contributed by atoms with Crippen LogP contribution in [0, 0.1) is 0 Å². The average molecular weight is 321 g/mol. The van der Waals surface area contributed by atoms with Crippen molar-refractivity contribution in [3.05, 3.63) is 23.8 Å². The minimum absolute atomic E-state index is 0.00842. The van der Waals surface area contributed by atoms with Gasteiger partial charge in [-0.3, -0.25) is 0 Å². The number of ether oxygens (including phenoxy) is 2. The van der Waals surface area contributed by atoms with Crippen molar-refractivity contribution in [3.8, 4) is 5.75 Å². The molecule has 1 aromatic carbocycles. The lowest BCUT2D eigenvalue weighted by Gasteiger charge is -2.19. The highest BCUT2D eigenvalue weighted by molar-refractivity contribution is 8.13. The van der Waals surface area contributed by atoms with E-state index in [-0.39, 0.29) is 16.9 Å². The summed E-state index contributed by atoms with van der Waals surface area (Å²) in [4.78, 5) is 0.0970. The third-order valence-corrected chi connectivity index (χ3v) is 4.29. The third kappa shape index (κ3) is 4.96. The minimum Gasteiger partial charge on any atom is -0.490 e. The van der Waals surface area contributed by atoms with Crippen LogP contribution in [-0.4, -0.2) is 28.2 Å². The zero-order valence-corrected chi connectivity index (χ0v) is 13.8. The first-order valence-electron chi connectivity index (χ1n) is 6.50. The summed E-state index contributed by atoms with van der Waals surface area (Å²) in [6.07, 6.45) is 0.759. The Hall–Kier alpha value is -0.780. The lowest BCUT2D eigenvalue weighted by atomic mass is 10.0. The molecule has 0 fully saturated rings. The highest BCUT2D eigenvalue weighted by Gasteiger charge is 2.17.